The van der Waals surface area contributed by atoms with Crippen LogP contribution in [0.3, 0.4) is 0 Å². The fourth-order valence-corrected chi connectivity index (χ4v) is 0.671. The third-order valence-electron chi connectivity index (χ3n) is 1.55. The highest BCUT2D eigenvalue weighted by Gasteiger charge is 1.89. The standard InChI is InChI=1S/C6H15N.C3H7O/c1-4-7(5-2)6-3;1-3-4-2/h4-6H2,1-3H3;1,3H2,2H3. The van der Waals surface area contributed by atoms with Crippen molar-refractivity contribution < 1.29 is 4.74 Å². The fourth-order valence-electron chi connectivity index (χ4n) is 0.671. The zero-order valence-corrected chi connectivity index (χ0v) is 8.39. The average molecular weight is 160 g/mol. The summed E-state index contributed by atoms with van der Waals surface area (Å²) in [6.45, 7) is 14.1. The SMILES string of the molecule is CCN(CC)CC.[CH2]COC. The summed E-state index contributed by atoms with van der Waals surface area (Å²) < 4.78 is 4.43. The van der Waals surface area contributed by atoms with Crippen LogP contribution in [0.25, 0.3) is 0 Å². The van der Waals surface area contributed by atoms with Crippen molar-refractivity contribution in [3.8, 4) is 0 Å². The zero-order valence-electron chi connectivity index (χ0n) is 8.39. The van der Waals surface area contributed by atoms with Crippen molar-refractivity contribution in [2.75, 3.05) is 33.4 Å². The highest BCUT2D eigenvalue weighted by atomic mass is 16.5. The summed E-state index contributed by atoms with van der Waals surface area (Å²) in [5.74, 6) is 0. The molecule has 0 saturated heterocycles. The van der Waals surface area contributed by atoms with Crippen LogP contribution in [0.4, 0.5) is 0 Å². The van der Waals surface area contributed by atoms with Crippen LogP contribution >= 0.6 is 0 Å². The normalized spacial score (nSPS) is 9.27. The number of rotatable bonds is 4. The Morgan fingerprint density at radius 1 is 1.09 bits per heavy atom. The van der Waals surface area contributed by atoms with E-state index in [0.29, 0.717) is 6.61 Å². The number of ether oxygens (including phenoxy) is 1. The second kappa shape index (κ2) is 12.6. The quantitative estimate of drug-likeness (QED) is 0.622. The number of hydrogen-bond donors (Lipinski definition) is 0. The number of nitrogens with zero attached hydrogens (tertiary/aromatic N) is 1. The van der Waals surface area contributed by atoms with Gasteiger partial charge in [-0.15, -0.1) is 0 Å². The molecule has 0 aromatic carbocycles. The molecule has 69 valence electrons. The summed E-state index contributed by atoms with van der Waals surface area (Å²) in [5.41, 5.74) is 0. The van der Waals surface area contributed by atoms with Gasteiger partial charge < -0.3 is 9.64 Å². The van der Waals surface area contributed by atoms with E-state index >= 15 is 0 Å². The predicted octanol–water partition coefficient (Wildman–Crippen LogP) is 1.81. The van der Waals surface area contributed by atoms with Gasteiger partial charge in [-0.1, -0.05) is 20.8 Å². The highest BCUT2D eigenvalue weighted by molar-refractivity contribution is 4.43. The monoisotopic (exact) mass is 160 g/mol. The molecule has 2 nitrogen and oxygen atoms in total. The maximum absolute atomic E-state index is 4.43. The summed E-state index contributed by atoms with van der Waals surface area (Å²) in [6, 6.07) is 0. The summed E-state index contributed by atoms with van der Waals surface area (Å²) >= 11 is 0. The Balaban J connectivity index is 0. The van der Waals surface area contributed by atoms with Crippen LogP contribution in [0.2, 0.25) is 0 Å². The Kier molecular flexibility index (Phi) is 15.4. The van der Waals surface area contributed by atoms with Crippen molar-refractivity contribution in [1.82, 2.24) is 4.90 Å². The second-order valence-electron chi connectivity index (χ2n) is 2.11. The Morgan fingerprint density at radius 2 is 1.36 bits per heavy atom. The first-order valence-corrected chi connectivity index (χ1v) is 4.27. The lowest BCUT2D eigenvalue weighted by atomic mass is 10.5. The molecule has 0 spiro atoms. The Hall–Kier alpha value is -0.0800. The highest BCUT2D eigenvalue weighted by Crippen LogP contribution is 1.81. The van der Waals surface area contributed by atoms with Crippen molar-refractivity contribution in [2.24, 2.45) is 0 Å². The van der Waals surface area contributed by atoms with E-state index in [-0.39, 0.29) is 0 Å². The van der Waals surface area contributed by atoms with Crippen LogP contribution in [0.5, 0.6) is 0 Å². The molecule has 0 heterocycles. The van der Waals surface area contributed by atoms with Gasteiger partial charge in [-0.25, -0.2) is 0 Å². The van der Waals surface area contributed by atoms with E-state index in [4.69, 9.17) is 0 Å². The maximum atomic E-state index is 4.43. The van der Waals surface area contributed by atoms with Crippen LogP contribution < -0.4 is 0 Å². The summed E-state index contributed by atoms with van der Waals surface area (Å²) in [5, 5.41) is 0. The maximum Gasteiger partial charge on any atom is 0.0463 e. The van der Waals surface area contributed by atoms with Gasteiger partial charge in [0.1, 0.15) is 0 Å². The molecule has 2 heteroatoms. The number of hydrogen-bond acceptors (Lipinski definition) is 2. The first-order valence-electron chi connectivity index (χ1n) is 4.27. The van der Waals surface area contributed by atoms with Crippen LogP contribution in [0, 0.1) is 6.92 Å². The van der Waals surface area contributed by atoms with Crippen LogP contribution in [-0.4, -0.2) is 38.3 Å². The predicted molar refractivity (Wildman–Crippen MR) is 50.7 cm³/mol. The molecule has 0 amide bonds. The minimum absolute atomic E-state index is 0.569. The third kappa shape index (κ3) is 13.0. The van der Waals surface area contributed by atoms with Gasteiger partial charge in [0.25, 0.3) is 0 Å². The molecule has 0 aliphatic carbocycles. The summed E-state index contributed by atoms with van der Waals surface area (Å²) in [7, 11) is 1.62. The van der Waals surface area contributed by atoms with Gasteiger partial charge in [-0.3, -0.25) is 0 Å². The molecule has 0 bridgehead atoms. The largest absolute Gasteiger partial charge is 0.385 e. The van der Waals surface area contributed by atoms with Crippen LogP contribution in [0.15, 0.2) is 0 Å². The van der Waals surface area contributed by atoms with Crippen LogP contribution in [0.1, 0.15) is 20.8 Å². The molecule has 0 saturated carbocycles. The molecule has 0 unspecified atom stereocenters. The van der Waals surface area contributed by atoms with E-state index in [1.54, 1.807) is 7.11 Å². The molecular formula is C9H22NO. The van der Waals surface area contributed by atoms with Crippen LogP contribution in [-0.2, 0) is 4.74 Å². The summed E-state index contributed by atoms with van der Waals surface area (Å²) in [4.78, 5) is 2.38. The van der Waals surface area contributed by atoms with Crippen molar-refractivity contribution in [3.05, 3.63) is 6.92 Å². The third-order valence-corrected chi connectivity index (χ3v) is 1.55. The average Bonchev–Trinajstić information content (AvgIpc) is 2.08. The van der Waals surface area contributed by atoms with Gasteiger partial charge in [0.2, 0.25) is 0 Å². The lowest BCUT2D eigenvalue weighted by Crippen LogP contribution is -2.21. The van der Waals surface area contributed by atoms with E-state index in [9.17, 15) is 0 Å². The Morgan fingerprint density at radius 3 is 1.36 bits per heavy atom. The molecule has 0 N–H and O–H groups in total. The minimum Gasteiger partial charge on any atom is -0.385 e. The van der Waals surface area contributed by atoms with Gasteiger partial charge in [0.15, 0.2) is 0 Å². The first kappa shape index (κ1) is 13.5. The topological polar surface area (TPSA) is 12.5 Å². The molecule has 0 atom stereocenters. The van der Waals surface area contributed by atoms with Crippen molar-refractivity contribution in [2.45, 2.75) is 20.8 Å². The van der Waals surface area contributed by atoms with E-state index < -0.39 is 0 Å². The molecule has 0 aliphatic heterocycles. The van der Waals surface area contributed by atoms with Gasteiger partial charge in [-0.2, -0.15) is 0 Å². The lowest BCUT2D eigenvalue weighted by Gasteiger charge is -2.13. The minimum atomic E-state index is 0.569. The van der Waals surface area contributed by atoms with E-state index in [2.05, 4.69) is 37.3 Å². The van der Waals surface area contributed by atoms with Gasteiger partial charge >= 0.3 is 0 Å². The summed E-state index contributed by atoms with van der Waals surface area (Å²) in [6.07, 6.45) is 0. The number of methoxy groups -OCH3 is 1. The van der Waals surface area contributed by atoms with E-state index in [1.165, 1.54) is 19.6 Å². The molecule has 0 rings (SSSR count). The first-order chi connectivity index (χ1) is 5.26. The van der Waals surface area contributed by atoms with Crippen molar-refractivity contribution >= 4 is 0 Å². The van der Waals surface area contributed by atoms with Gasteiger partial charge in [0, 0.05) is 13.7 Å². The molecule has 0 aliphatic rings. The lowest BCUT2D eigenvalue weighted by molar-refractivity contribution is 0.232. The van der Waals surface area contributed by atoms with Gasteiger partial charge in [0.05, 0.1) is 0 Å². The zero-order chi connectivity index (χ0) is 9.11. The molecule has 0 fully saturated rings. The molecule has 0 aromatic rings. The Bertz CT molecular complexity index is 46.0. The fraction of sp³-hybridized carbons (Fsp3) is 0.889. The molecular weight excluding hydrogens is 138 g/mol. The molecule has 0 aromatic heterocycles. The second-order valence-corrected chi connectivity index (χ2v) is 2.11. The van der Waals surface area contributed by atoms with Crippen molar-refractivity contribution in [3.63, 3.8) is 0 Å². The smallest absolute Gasteiger partial charge is 0.0463 e. The molecule has 1 radical (unpaired) electrons. The van der Waals surface area contributed by atoms with Gasteiger partial charge in [-0.05, 0) is 26.6 Å². The van der Waals surface area contributed by atoms with Crippen molar-refractivity contribution in [1.29, 1.82) is 0 Å². The van der Waals surface area contributed by atoms with E-state index in [0.717, 1.165) is 0 Å². The molecule has 11 heavy (non-hydrogen) atoms. The Labute approximate surface area is 71.5 Å². The van der Waals surface area contributed by atoms with E-state index in [1.807, 2.05) is 0 Å².